The summed E-state index contributed by atoms with van der Waals surface area (Å²) >= 11 is 0. The van der Waals surface area contributed by atoms with Crippen LogP contribution >= 0.6 is 0 Å². The van der Waals surface area contributed by atoms with E-state index in [1.54, 1.807) is 19.1 Å². The maximum absolute atomic E-state index is 9.90. The Kier molecular flexibility index (Phi) is 4.73. The van der Waals surface area contributed by atoms with Crippen molar-refractivity contribution < 1.29 is 19.7 Å². The van der Waals surface area contributed by atoms with E-state index in [0.29, 0.717) is 5.75 Å². The molecule has 0 saturated heterocycles. The summed E-state index contributed by atoms with van der Waals surface area (Å²) in [5.41, 5.74) is 0. The summed E-state index contributed by atoms with van der Waals surface area (Å²) in [4.78, 5) is 0. The predicted octanol–water partition coefficient (Wildman–Crippen LogP) is 1.52. The quantitative estimate of drug-likeness (QED) is 0.722. The molecule has 90 valence electrons. The molecule has 0 aromatic heterocycles. The number of rotatable bonds is 6. The van der Waals surface area contributed by atoms with Crippen molar-refractivity contribution in [3.8, 4) is 5.75 Å². The standard InChI is InChI=1S/C12H18O4/c1-10(13)15-9-8-12(2,14)16-11-6-4-3-5-7-11/h3-7,10,13-14H,8-9H2,1-2H3. The summed E-state index contributed by atoms with van der Waals surface area (Å²) in [7, 11) is 0. The van der Waals surface area contributed by atoms with Crippen molar-refractivity contribution in [3.63, 3.8) is 0 Å². The van der Waals surface area contributed by atoms with Crippen molar-refractivity contribution in [2.75, 3.05) is 6.61 Å². The van der Waals surface area contributed by atoms with Gasteiger partial charge in [0.15, 0.2) is 6.29 Å². The van der Waals surface area contributed by atoms with Gasteiger partial charge in [-0.15, -0.1) is 0 Å². The molecule has 4 nitrogen and oxygen atoms in total. The van der Waals surface area contributed by atoms with Crippen LogP contribution in [0.4, 0.5) is 0 Å². The highest BCUT2D eigenvalue weighted by Crippen LogP contribution is 2.18. The highest BCUT2D eigenvalue weighted by atomic mass is 16.6. The minimum atomic E-state index is -1.30. The second kappa shape index (κ2) is 5.84. The Morgan fingerprint density at radius 3 is 2.50 bits per heavy atom. The third kappa shape index (κ3) is 5.11. The van der Waals surface area contributed by atoms with Crippen LogP contribution in [0, 0.1) is 0 Å². The second-order valence-electron chi connectivity index (χ2n) is 3.81. The Morgan fingerprint density at radius 2 is 1.94 bits per heavy atom. The Hall–Kier alpha value is -1.10. The fraction of sp³-hybridized carbons (Fsp3) is 0.500. The van der Waals surface area contributed by atoms with Gasteiger partial charge in [0.1, 0.15) is 5.75 Å². The topological polar surface area (TPSA) is 58.9 Å². The van der Waals surface area contributed by atoms with Gasteiger partial charge in [0.05, 0.1) is 6.61 Å². The zero-order chi connectivity index (χ0) is 12.0. The van der Waals surface area contributed by atoms with E-state index >= 15 is 0 Å². The lowest BCUT2D eigenvalue weighted by Crippen LogP contribution is -2.33. The summed E-state index contributed by atoms with van der Waals surface area (Å²) < 4.78 is 10.3. The molecule has 1 rings (SSSR count). The average molecular weight is 226 g/mol. The molecule has 2 unspecified atom stereocenters. The molecule has 0 amide bonds. The first-order valence-corrected chi connectivity index (χ1v) is 5.26. The van der Waals surface area contributed by atoms with Gasteiger partial charge in [-0.3, -0.25) is 0 Å². The van der Waals surface area contributed by atoms with Gasteiger partial charge in [-0.1, -0.05) is 18.2 Å². The summed E-state index contributed by atoms with van der Waals surface area (Å²) in [5, 5.41) is 18.8. The van der Waals surface area contributed by atoms with Crippen molar-refractivity contribution in [3.05, 3.63) is 30.3 Å². The molecule has 0 radical (unpaired) electrons. The summed E-state index contributed by atoms with van der Waals surface area (Å²) in [5.74, 6) is -0.694. The predicted molar refractivity (Wildman–Crippen MR) is 59.9 cm³/mol. The molecule has 1 aromatic rings. The molecule has 1 aromatic carbocycles. The van der Waals surface area contributed by atoms with E-state index in [2.05, 4.69) is 0 Å². The van der Waals surface area contributed by atoms with E-state index in [1.165, 1.54) is 6.92 Å². The van der Waals surface area contributed by atoms with Crippen LogP contribution in [-0.2, 0) is 4.74 Å². The van der Waals surface area contributed by atoms with Crippen molar-refractivity contribution in [2.24, 2.45) is 0 Å². The van der Waals surface area contributed by atoms with E-state index < -0.39 is 12.1 Å². The lowest BCUT2D eigenvalue weighted by Gasteiger charge is -2.25. The van der Waals surface area contributed by atoms with E-state index in [-0.39, 0.29) is 13.0 Å². The Labute approximate surface area is 95.4 Å². The molecule has 2 N–H and O–H groups in total. The van der Waals surface area contributed by atoms with Gasteiger partial charge in [0, 0.05) is 13.3 Å². The molecular weight excluding hydrogens is 208 g/mol. The van der Waals surface area contributed by atoms with Crippen LogP contribution in [0.25, 0.3) is 0 Å². The van der Waals surface area contributed by atoms with Gasteiger partial charge in [-0.25, -0.2) is 0 Å². The highest BCUT2D eigenvalue weighted by Gasteiger charge is 2.22. The maximum Gasteiger partial charge on any atom is 0.207 e. The maximum atomic E-state index is 9.90. The molecule has 2 atom stereocenters. The molecule has 0 aliphatic rings. The SMILES string of the molecule is CC(O)OCCC(C)(O)Oc1ccccc1. The number of aliphatic hydroxyl groups is 2. The lowest BCUT2D eigenvalue weighted by molar-refractivity contribution is -0.156. The van der Waals surface area contributed by atoms with Crippen molar-refractivity contribution in [1.29, 1.82) is 0 Å². The van der Waals surface area contributed by atoms with Gasteiger partial charge in [0.2, 0.25) is 5.79 Å². The first-order chi connectivity index (χ1) is 7.49. The molecule has 0 heterocycles. The van der Waals surface area contributed by atoms with Crippen LogP contribution < -0.4 is 4.74 Å². The normalized spacial score (nSPS) is 16.5. The van der Waals surface area contributed by atoms with Gasteiger partial charge >= 0.3 is 0 Å². The fourth-order valence-corrected chi connectivity index (χ4v) is 1.21. The largest absolute Gasteiger partial charge is 0.463 e. The average Bonchev–Trinajstić information content (AvgIpc) is 2.17. The number of ether oxygens (including phenoxy) is 2. The summed E-state index contributed by atoms with van der Waals surface area (Å²) in [6.45, 7) is 3.32. The van der Waals surface area contributed by atoms with Gasteiger partial charge in [0.25, 0.3) is 0 Å². The summed E-state index contributed by atoms with van der Waals surface area (Å²) in [6, 6.07) is 9.07. The van der Waals surface area contributed by atoms with Gasteiger partial charge in [-0.05, 0) is 19.1 Å². The summed E-state index contributed by atoms with van der Waals surface area (Å²) in [6.07, 6.45) is -0.542. The second-order valence-corrected chi connectivity index (χ2v) is 3.81. The van der Waals surface area contributed by atoms with Crippen molar-refractivity contribution in [1.82, 2.24) is 0 Å². The number of hydrogen-bond donors (Lipinski definition) is 2. The number of para-hydroxylation sites is 1. The smallest absolute Gasteiger partial charge is 0.207 e. The third-order valence-corrected chi connectivity index (χ3v) is 2.01. The molecule has 4 heteroatoms. The van der Waals surface area contributed by atoms with E-state index in [1.807, 2.05) is 18.2 Å². The van der Waals surface area contributed by atoms with Crippen LogP contribution in [0.1, 0.15) is 20.3 Å². The fourth-order valence-electron chi connectivity index (χ4n) is 1.21. The molecule has 0 fully saturated rings. The zero-order valence-electron chi connectivity index (χ0n) is 9.59. The first-order valence-electron chi connectivity index (χ1n) is 5.26. The van der Waals surface area contributed by atoms with Crippen LogP contribution in [0.2, 0.25) is 0 Å². The minimum absolute atomic E-state index is 0.234. The molecule has 0 spiro atoms. The minimum Gasteiger partial charge on any atom is -0.463 e. The van der Waals surface area contributed by atoms with Gasteiger partial charge in [-0.2, -0.15) is 0 Å². The van der Waals surface area contributed by atoms with Crippen molar-refractivity contribution in [2.45, 2.75) is 32.3 Å². The third-order valence-electron chi connectivity index (χ3n) is 2.01. The van der Waals surface area contributed by atoms with Crippen LogP contribution in [0.15, 0.2) is 30.3 Å². The molecular formula is C12H18O4. The number of aliphatic hydroxyl groups excluding tert-OH is 1. The van der Waals surface area contributed by atoms with E-state index in [4.69, 9.17) is 14.6 Å². The van der Waals surface area contributed by atoms with Crippen LogP contribution in [0.5, 0.6) is 5.75 Å². The molecule has 0 aliphatic carbocycles. The molecule has 0 bridgehead atoms. The number of hydrogen-bond acceptors (Lipinski definition) is 4. The first kappa shape index (κ1) is 13.0. The monoisotopic (exact) mass is 226 g/mol. The van der Waals surface area contributed by atoms with Crippen molar-refractivity contribution >= 4 is 0 Å². The molecule has 16 heavy (non-hydrogen) atoms. The van der Waals surface area contributed by atoms with Crippen LogP contribution in [-0.4, -0.2) is 28.9 Å². The number of benzene rings is 1. The molecule has 0 saturated carbocycles. The van der Waals surface area contributed by atoms with E-state index in [0.717, 1.165) is 0 Å². The van der Waals surface area contributed by atoms with Crippen LogP contribution in [0.3, 0.4) is 0 Å². The Balaban J connectivity index is 2.39. The molecule has 0 aliphatic heterocycles. The Bertz CT molecular complexity index is 295. The van der Waals surface area contributed by atoms with Gasteiger partial charge < -0.3 is 19.7 Å². The Morgan fingerprint density at radius 1 is 1.31 bits per heavy atom. The zero-order valence-corrected chi connectivity index (χ0v) is 9.59. The van der Waals surface area contributed by atoms with E-state index in [9.17, 15) is 5.11 Å². The lowest BCUT2D eigenvalue weighted by atomic mass is 10.2. The highest BCUT2D eigenvalue weighted by molar-refractivity contribution is 5.21.